The summed E-state index contributed by atoms with van der Waals surface area (Å²) in [7, 11) is 0. The molecular weight excluding hydrogens is 304 g/mol. The lowest BCUT2D eigenvalue weighted by molar-refractivity contribution is 0.0626. The van der Waals surface area contributed by atoms with E-state index in [1.807, 2.05) is 66.2 Å². The lowest BCUT2D eigenvalue weighted by Crippen LogP contribution is -2.25. The molecule has 0 aliphatic rings. The van der Waals surface area contributed by atoms with Crippen molar-refractivity contribution < 1.29 is 14.6 Å². The average Bonchev–Trinajstić information content (AvgIpc) is 3.13. The first kappa shape index (κ1) is 16.1. The third kappa shape index (κ3) is 4.36. The van der Waals surface area contributed by atoms with Crippen LogP contribution in [0.3, 0.4) is 0 Å². The predicted molar refractivity (Wildman–Crippen MR) is 91.7 cm³/mol. The Morgan fingerprint density at radius 3 is 2.42 bits per heavy atom. The standard InChI is InChI=1S/C19H20N2O3/c1-15-4-2-6-18(10-15)23-12-17(22)13-24-19-7-3-5-16(11-19)21-9-8-20-14-21/h2-11,14,17,22H,12-13H2,1H3. The molecule has 0 aliphatic heterocycles. The van der Waals surface area contributed by atoms with Crippen LogP contribution in [0, 0.1) is 6.92 Å². The molecular formula is C19H20N2O3. The zero-order valence-corrected chi connectivity index (χ0v) is 13.5. The largest absolute Gasteiger partial charge is 0.491 e. The molecule has 1 heterocycles. The van der Waals surface area contributed by atoms with Crippen LogP contribution in [0.2, 0.25) is 0 Å². The van der Waals surface area contributed by atoms with Gasteiger partial charge in [-0.2, -0.15) is 0 Å². The highest BCUT2D eigenvalue weighted by Crippen LogP contribution is 2.17. The maximum Gasteiger partial charge on any atom is 0.122 e. The highest BCUT2D eigenvalue weighted by molar-refractivity contribution is 5.39. The zero-order chi connectivity index (χ0) is 16.8. The fourth-order valence-corrected chi connectivity index (χ4v) is 2.28. The van der Waals surface area contributed by atoms with Crippen molar-refractivity contribution in [2.24, 2.45) is 0 Å². The molecule has 5 nitrogen and oxygen atoms in total. The Hall–Kier alpha value is -2.79. The van der Waals surface area contributed by atoms with Crippen molar-refractivity contribution in [3.05, 3.63) is 72.8 Å². The summed E-state index contributed by atoms with van der Waals surface area (Å²) in [6, 6.07) is 15.3. The van der Waals surface area contributed by atoms with Gasteiger partial charge in [-0.25, -0.2) is 4.98 Å². The summed E-state index contributed by atoms with van der Waals surface area (Å²) in [6.07, 6.45) is 4.61. The van der Waals surface area contributed by atoms with Gasteiger partial charge in [0.2, 0.25) is 0 Å². The molecule has 0 saturated heterocycles. The van der Waals surface area contributed by atoms with Crippen molar-refractivity contribution in [3.8, 4) is 17.2 Å². The Morgan fingerprint density at radius 1 is 1.04 bits per heavy atom. The second-order valence-electron chi connectivity index (χ2n) is 5.56. The third-order valence-corrected chi connectivity index (χ3v) is 3.49. The lowest BCUT2D eigenvalue weighted by Gasteiger charge is -2.14. The van der Waals surface area contributed by atoms with Gasteiger partial charge in [-0.05, 0) is 36.8 Å². The molecule has 0 spiro atoms. The molecule has 0 aliphatic carbocycles. The molecule has 124 valence electrons. The quantitative estimate of drug-likeness (QED) is 0.726. The third-order valence-electron chi connectivity index (χ3n) is 3.49. The van der Waals surface area contributed by atoms with Gasteiger partial charge < -0.3 is 19.1 Å². The van der Waals surface area contributed by atoms with Crippen LogP contribution in [0.25, 0.3) is 5.69 Å². The first-order valence-corrected chi connectivity index (χ1v) is 7.79. The second-order valence-corrected chi connectivity index (χ2v) is 5.56. The van der Waals surface area contributed by atoms with Crippen LogP contribution in [-0.2, 0) is 0 Å². The molecule has 0 bridgehead atoms. The number of aliphatic hydroxyl groups excluding tert-OH is 1. The fraction of sp³-hybridized carbons (Fsp3) is 0.211. The summed E-state index contributed by atoms with van der Waals surface area (Å²) in [5, 5.41) is 10.0. The number of aromatic nitrogens is 2. The highest BCUT2D eigenvalue weighted by Gasteiger charge is 2.07. The number of aryl methyl sites for hydroxylation is 1. The van der Waals surface area contributed by atoms with E-state index in [-0.39, 0.29) is 13.2 Å². The summed E-state index contributed by atoms with van der Waals surface area (Å²) in [4.78, 5) is 4.03. The van der Waals surface area contributed by atoms with Crippen molar-refractivity contribution in [2.45, 2.75) is 13.0 Å². The molecule has 1 aromatic heterocycles. The predicted octanol–water partition coefficient (Wildman–Crippen LogP) is 3.00. The summed E-state index contributed by atoms with van der Waals surface area (Å²) in [5.41, 5.74) is 2.07. The van der Waals surface area contributed by atoms with E-state index in [9.17, 15) is 5.11 Å². The number of benzene rings is 2. The van der Waals surface area contributed by atoms with Crippen molar-refractivity contribution in [2.75, 3.05) is 13.2 Å². The fourth-order valence-electron chi connectivity index (χ4n) is 2.28. The Kier molecular flexibility index (Phi) is 5.13. The SMILES string of the molecule is Cc1cccc(OCC(O)COc2cccc(-n3ccnc3)c2)c1. The molecule has 1 unspecified atom stereocenters. The van der Waals surface area contributed by atoms with Crippen molar-refractivity contribution in [1.82, 2.24) is 9.55 Å². The minimum absolute atomic E-state index is 0.166. The van der Waals surface area contributed by atoms with Crippen LogP contribution in [0.15, 0.2) is 67.3 Å². The van der Waals surface area contributed by atoms with E-state index in [1.165, 1.54) is 0 Å². The van der Waals surface area contributed by atoms with Crippen LogP contribution >= 0.6 is 0 Å². The minimum Gasteiger partial charge on any atom is -0.491 e. The van der Waals surface area contributed by atoms with Gasteiger partial charge in [0.1, 0.15) is 30.8 Å². The summed E-state index contributed by atoms with van der Waals surface area (Å²) >= 11 is 0. The van der Waals surface area contributed by atoms with Crippen LogP contribution in [-0.4, -0.2) is 34.0 Å². The molecule has 24 heavy (non-hydrogen) atoms. The summed E-state index contributed by atoms with van der Waals surface area (Å²) < 4.78 is 13.1. The molecule has 0 saturated carbocycles. The van der Waals surface area contributed by atoms with E-state index in [0.29, 0.717) is 5.75 Å². The number of nitrogens with zero attached hydrogens (tertiary/aromatic N) is 2. The van der Waals surface area contributed by atoms with Gasteiger partial charge in [0, 0.05) is 18.5 Å². The molecule has 0 amide bonds. The van der Waals surface area contributed by atoms with Gasteiger partial charge in [0.05, 0.1) is 12.0 Å². The molecule has 3 aromatic rings. The first-order chi connectivity index (χ1) is 11.7. The molecule has 1 atom stereocenters. The Balaban J connectivity index is 1.51. The Labute approximate surface area is 141 Å². The van der Waals surface area contributed by atoms with E-state index in [2.05, 4.69) is 4.98 Å². The highest BCUT2D eigenvalue weighted by atomic mass is 16.5. The number of aliphatic hydroxyl groups is 1. The van der Waals surface area contributed by atoms with Gasteiger partial charge in [0.15, 0.2) is 0 Å². The van der Waals surface area contributed by atoms with Gasteiger partial charge in [-0.15, -0.1) is 0 Å². The number of rotatable bonds is 7. The maximum atomic E-state index is 10.0. The van der Waals surface area contributed by atoms with Crippen LogP contribution in [0.4, 0.5) is 0 Å². The maximum absolute atomic E-state index is 10.0. The smallest absolute Gasteiger partial charge is 0.122 e. The van der Waals surface area contributed by atoms with Crippen molar-refractivity contribution in [1.29, 1.82) is 0 Å². The van der Waals surface area contributed by atoms with Crippen LogP contribution in [0.1, 0.15) is 5.56 Å². The van der Waals surface area contributed by atoms with Crippen LogP contribution in [0.5, 0.6) is 11.5 Å². The second kappa shape index (κ2) is 7.66. The molecule has 0 fully saturated rings. The molecule has 2 aromatic carbocycles. The molecule has 5 heteroatoms. The molecule has 3 rings (SSSR count). The van der Waals surface area contributed by atoms with Crippen LogP contribution < -0.4 is 9.47 Å². The van der Waals surface area contributed by atoms with E-state index in [1.54, 1.807) is 12.5 Å². The monoisotopic (exact) mass is 324 g/mol. The van der Waals surface area contributed by atoms with Gasteiger partial charge >= 0.3 is 0 Å². The number of imidazole rings is 1. The van der Waals surface area contributed by atoms with E-state index in [4.69, 9.17) is 9.47 Å². The lowest BCUT2D eigenvalue weighted by atomic mass is 10.2. The van der Waals surface area contributed by atoms with Gasteiger partial charge in [-0.3, -0.25) is 0 Å². The first-order valence-electron chi connectivity index (χ1n) is 7.79. The topological polar surface area (TPSA) is 56.5 Å². The Bertz CT molecular complexity index is 772. The van der Waals surface area contributed by atoms with E-state index < -0.39 is 6.10 Å². The Morgan fingerprint density at radius 2 is 1.75 bits per heavy atom. The van der Waals surface area contributed by atoms with Crippen molar-refractivity contribution in [3.63, 3.8) is 0 Å². The van der Waals surface area contributed by atoms with E-state index >= 15 is 0 Å². The van der Waals surface area contributed by atoms with Gasteiger partial charge in [0.25, 0.3) is 0 Å². The molecule has 0 radical (unpaired) electrons. The minimum atomic E-state index is -0.706. The number of hydrogen-bond donors (Lipinski definition) is 1. The number of ether oxygens (including phenoxy) is 2. The van der Waals surface area contributed by atoms with E-state index in [0.717, 1.165) is 17.0 Å². The summed E-state index contributed by atoms with van der Waals surface area (Å²) in [6.45, 7) is 2.35. The van der Waals surface area contributed by atoms with Crippen molar-refractivity contribution >= 4 is 0 Å². The number of hydrogen-bond acceptors (Lipinski definition) is 4. The summed E-state index contributed by atoms with van der Waals surface area (Å²) in [5.74, 6) is 1.44. The molecule has 1 N–H and O–H groups in total. The zero-order valence-electron chi connectivity index (χ0n) is 13.5. The average molecular weight is 324 g/mol. The van der Waals surface area contributed by atoms with Gasteiger partial charge in [-0.1, -0.05) is 18.2 Å². The normalized spacial score (nSPS) is 11.9.